The Morgan fingerprint density at radius 1 is 1.20 bits per heavy atom. The first kappa shape index (κ1) is 16.5. The number of nitrogens with one attached hydrogen (secondary N) is 1. The molecule has 2 aliphatic carbocycles. The molecule has 2 saturated carbocycles. The SMILES string of the molecule is O[C@@H]1[C@H](O)[C@@H]2C[C@@H]2[C@H]1n1cnc2c(NCC(F)F)cc(C(F)F)nc21. The maximum Gasteiger partial charge on any atom is 0.280 e. The van der Waals surface area contributed by atoms with E-state index in [9.17, 15) is 27.8 Å². The van der Waals surface area contributed by atoms with Crippen molar-refractivity contribution < 1.29 is 27.8 Å². The zero-order valence-electron chi connectivity index (χ0n) is 12.9. The number of hydrogen-bond acceptors (Lipinski definition) is 5. The smallest absolute Gasteiger partial charge is 0.280 e. The molecule has 0 unspecified atom stereocenters. The van der Waals surface area contributed by atoms with Crippen molar-refractivity contribution in [3.8, 4) is 0 Å². The minimum atomic E-state index is -2.88. The van der Waals surface area contributed by atoms with E-state index in [4.69, 9.17) is 0 Å². The van der Waals surface area contributed by atoms with Crippen LogP contribution in [-0.2, 0) is 0 Å². The van der Waals surface area contributed by atoms with Crippen LogP contribution < -0.4 is 5.32 Å². The van der Waals surface area contributed by atoms with Gasteiger partial charge in [-0.3, -0.25) is 0 Å². The van der Waals surface area contributed by atoms with Gasteiger partial charge in [0.1, 0.15) is 17.3 Å². The molecule has 10 heteroatoms. The summed E-state index contributed by atoms with van der Waals surface area (Å²) >= 11 is 0. The molecule has 136 valence electrons. The van der Waals surface area contributed by atoms with Crippen molar-refractivity contribution in [3.63, 3.8) is 0 Å². The third-order valence-corrected chi connectivity index (χ3v) is 5.01. The summed E-state index contributed by atoms with van der Waals surface area (Å²) in [6, 6.07) is 0.486. The highest BCUT2D eigenvalue weighted by atomic mass is 19.3. The van der Waals surface area contributed by atoms with Gasteiger partial charge < -0.3 is 20.1 Å². The van der Waals surface area contributed by atoms with Gasteiger partial charge in [-0.05, 0) is 24.3 Å². The fourth-order valence-corrected chi connectivity index (χ4v) is 3.78. The number of anilines is 1. The molecule has 0 amide bonds. The molecule has 4 rings (SSSR count). The molecule has 5 atom stereocenters. The summed E-state index contributed by atoms with van der Waals surface area (Å²) in [6.07, 6.45) is -5.38. The predicted molar refractivity (Wildman–Crippen MR) is 79.6 cm³/mol. The Labute approximate surface area is 139 Å². The number of rotatable bonds is 5. The monoisotopic (exact) mass is 360 g/mol. The number of aromatic nitrogens is 3. The van der Waals surface area contributed by atoms with Crippen molar-refractivity contribution in [2.45, 2.75) is 37.5 Å². The van der Waals surface area contributed by atoms with Crippen LogP contribution in [0.3, 0.4) is 0 Å². The highest BCUT2D eigenvalue weighted by Crippen LogP contribution is 2.58. The molecule has 0 spiro atoms. The topological polar surface area (TPSA) is 83.2 Å². The predicted octanol–water partition coefficient (Wildman–Crippen LogP) is 1.96. The molecule has 0 aromatic carbocycles. The number of halogens is 4. The number of hydrogen-bond donors (Lipinski definition) is 3. The van der Waals surface area contributed by atoms with E-state index in [1.165, 1.54) is 10.9 Å². The summed E-state index contributed by atoms with van der Waals surface area (Å²) in [5.74, 6) is 0.00374. The van der Waals surface area contributed by atoms with Crippen LogP contribution >= 0.6 is 0 Å². The number of aliphatic hydroxyl groups excluding tert-OH is 2. The van der Waals surface area contributed by atoms with E-state index >= 15 is 0 Å². The zero-order valence-corrected chi connectivity index (χ0v) is 12.9. The zero-order chi connectivity index (χ0) is 17.9. The van der Waals surface area contributed by atoms with Crippen LogP contribution in [0.2, 0.25) is 0 Å². The summed E-state index contributed by atoms with van der Waals surface area (Å²) in [5.41, 5.74) is -0.264. The standard InChI is InChI=1S/C15H16F4N4O2/c16-9(17)3-20-7-2-8(14(18)19)22-15-10(7)21-4-23(15)11-5-1-6(5)12(24)13(11)25/h2,4-6,9,11-14,24-25H,1,3H2,(H,20,22)/t5-,6+,11+,12+,13-/m0/s1. The van der Waals surface area contributed by atoms with Gasteiger partial charge >= 0.3 is 0 Å². The number of nitrogens with zero attached hydrogens (tertiary/aromatic N) is 3. The molecule has 3 N–H and O–H groups in total. The van der Waals surface area contributed by atoms with Crippen LogP contribution in [-0.4, -0.2) is 49.9 Å². The maximum atomic E-state index is 13.2. The molecule has 0 radical (unpaired) electrons. The van der Waals surface area contributed by atoms with Crippen LogP contribution in [0.5, 0.6) is 0 Å². The lowest BCUT2D eigenvalue weighted by Gasteiger charge is -2.22. The normalized spacial score (nSPS) is 31.1. The van der Waals surface area contributed by atoms with E-state index in [0.717, 1.165) is 12.5 Å². The molecule has 2 heterocycles. The Balaban J connectivity index is 1.79. The molecule has 0 saturated heterocycles. The van der Waals surface area contributed by atoms with Crippen LogP contribution in [0.25, 0.3) is 11.2 Å². The lowest BCUT2D eigenvalue weighted by atomic mass is 10.1. The molecule has 6 nitrogen and oxygen atoms in total. The lowest BCUT2D eigenvalue weighted by Crippen LogP contribution is -2.31. The van der Waals surface area contributed by atoms with E-state index < -0.39 is 43.3 Å². The fourth-order valence-electron chi connectivity index (χ4n) is 3.78. The van der Waals surface area contributed by atoms with Crippen LogP contribution in [0, 0.1) is 11.8 Å². The largest absolute Gasteiger partial charge is 0.390 e. The Kier molecular flexibility index (Phi) is 3.84. The molecule has 25 heavy (non-hydrogen) atoms. The minimum Gasteiger partial charge on any atom is -0.390 e. The molecular weight excluding hydrogens is 344 g/mol. The molecule has 2 aromatic rings. The summed E-state index contributed by atoms with van der Waals surface area (Å²) in [7, 11) is 0. The summed E-state index contributed by atoms with van der Waals surface area (Å²) in [6.45, 7) is -0.704. The number of imidazole rings is 1. The molecule has 0 bridgehead atoms. The summed E-state index contributed by atoms with van der Waals surface area (Å²) in [4.78, 5) is 8.02. The summed E-state index contributed by atoms with van der Waals surface area (Å²) < 4.78 is 52.7. The van der Waals surface area contributed by atoms with Crippen LogP contribution in [0.15, 0.2) is 12.4 Å². The number of fused-ring (bicyclic) bond motifs is 2. The minimum absolute atomic E-state index is 0.0211. The Morgan fingerprint density at radius 3 is 2.56 bits per heavy atom. The molecule has 2 aromatic heterocycles. The molecule has 2 fully saturated rings. The Hall–Kier alpha value is -1.94. The third-order valence-electron chi connectivity index (χ3n) is 5.01. The number of aliphatic hydroxyl groups is 2. The second-order valence-corrected chi connectivity index (χ2v) is 6.53. The highest BCUT2D eigenvalue weighted by Gasteiger charge is 2.60. The van der Waals surface area contributed by atoms with Gasteiger partial charge in [-0.15, -0.1) is 0 Å². The van der Waals surface area contributed by atoms with Crippen molar-refractivity contribution in [2.24, 2.45) is 11.8 Å². The Bertz CT molecular complexity index is 799. The number of pyridine rings is 1. The quantitative estimate of drug-likeness (QED) is 0.710. The van der Waals surface area contributed by atoms with E-state index in [2.05, 4.69) is 15.3 Å². The summed E-state index contributed by atoms with van der Waals surface area (Å²) in [5, 5.41) is 22.6. The average molecular weight is 360 g/mol. The van der Waals surface area contributed by atoms with E-state index in [0.29, 0.717) is 0 Å². The van der Waals surface area contributed by atoms with Crippen molar-refractivity contribution in [2.75, 3.05) is 11.9 Å². The van der Waals surface area contributed by atoms with E-state index in [1.807, 2.05) is 0 Å². The van der Waals surface area contributed by atoms with Gasteiger partial charge in [0.2, 0.25) is 0 Å². The van der Waals surface area contributed by atoms with Crippen LogP contribution in [0.1, 0.15) is 24.6 Å². The van der Waals surface area contributed by atoms with E-state index in [1.54, 1.807) is 0 Å². The van der Waals surface area contributed by atoms with Crippen LogP contribution in [0.4, 0.5) is 23.2 Å². The average Bonchev–Trinajstić information content (AvgIpc) is 3.16. The van der Waals surface area contributed by atoms with Gasteiger partial charge in [0.25, 0.3) is 12.9 Å². The first-order valence-electron chi connectivity index (χ1n) is 7.92. The maximum absolute atomic E-state index is 13.2. The second kappa shape index (κ2) is 5.80. The lowest BCUT2D eigenvalue weighted by molar-refractivity contribution is 0.00385. The first-order chi connectivity index (χ1) is 11.9. The van der Waals surface area contributed by atoms with Gasteiger partial charge in [0, 0.05) is 0 Å². The van der Waals surface area contributed by atoms with Gasteiger partial charge in [-0.2, -0.15) is 0 Å². The van der Waals surface area contributed by atoms with Gasteiger partial charge in [-0.25, -0.2) is 27.5 Å². The van der Waals surface area contributed by atoms with Crippen molar-refractivity contribution in [1.29, 1.82) is 0 Å². The van der Waals surface area contributed by atoms with Crippen molar-refractivity contribution >= 4 is 16.9 Å². The highest BCUT2D eigenvalue weighted by molar-refractivity contribution is 5.86. The van der Waals surface area contributed by atoms with Crippen molar-refractivity contribution in [3.05, 3.63) is 18.1 Å². The van der Waals surface area contributed by atoms with Gasteiger partial charge in [0.05, 0.1) is 30.7 Å². The Morgan fingerprint density at radius 2 is 1.96 bits per heavy atom. The first-order valence-corrected chi connectivity index (χ1v) is 7.92. The van der Waals surface area contributed by atoms with E-state index in [-0.39, 0.29) is 28.7 Å². The molecule has 0 aliphatic heterocycles. The molecular formula is C15H16F4N4O2. The fraction of sp³-hybridized carbons (Fsp3) is 0.600. The third kappa shape index (κ3) is 2.63. The molecule has 2 aliphatic rings. The van der Waals surface area contributed by atoms with Crippen molar-refractivity contribution in [1.82, 2.24) is 14.5 Å². The van der Waals surface area contributed by atoms with Gasteiger partial charge in [0.15, 0.2) is 5.65 Å². The second-order valence-electron chi connectivity index (χ2n) is 6.53. The number of alkyl halides is 4. The van der Waals surface area contributed by atoms with Gasteiger partial charge in [-0.1, -0.05) is 0 Å².